The molecule has 0 heterocycles. The van der Waals surface area contributed by atoms with Crippen LogP contribution in [0.4, 0.5) is 33.9 Å². The molecule has 0 saturated heterocycles. The molecule has 32 heavy (non-hydrogen) atoms. The molecule has 0 aliphatic heterocycles. The van der Waals surface area contributed by atoms with Crippen LogP contribution in [0.3, 0.4) is 0 Å². The van der Waals surface area contributed by atoms with Gasteiger partial charge in [-0.05, 0) is 24.3 Å². The summed E-state index contributed by atoms with van der Waals surface area (Å²) >= 11 is -11.2. The molecule has 0 bridgehead atoms. The average Bonchev–Trinajstić information content (AvgIpc) is 2.58. The summed E-state index contributed by atoms with van der Waals surface area (Å²) in [6.45, 7) is 0. The molecule has 18 heteroatoms. The Hall–Kier alpha value is -2.81. The molecule has 0 spiro atoms. The molecule has 2 aromatic rings. The first-order valence-corrected chi connectivity index (χ1v) is 15.3. The van der Waals surface area contributed by atoms with Crippen LogP contribution in [0.2, 0.25) is 0 Å². The molecule has 0 fully saturated rings. The van der Waals surface area contributed by atoms with Gasteiger partial charge >= 0.3 is 36.4 Å². The second kappa shape index (κ2) is 8.61. The van der Waals surface area contributed by atoms with Crippen molar-refractivity contribution in [1.82, 2.24) is 0 Å². The zero-order chi connectivity index (χ0) is 25.1. The van der Waals surface area contributed by atoms with Crippen molar-refractivity contribution in [1.29, 1.82) is 0 Å². The summed E-state index contributed by atoms with van der Waals surface area (Å²) in [5.74, 6) is 0.0168. The monoisotopic (exact) mass is 601 g/mol. The van der Waals surface area contributed by atoms with Crippen LogP contribution in [0.25, 0.3) is 0 Å². The molecule has 0 amide bonds. The molecule has 2 rings (SSSR count). The standard InChI is InChI=1S/C14H11N3O7S.6FH.Sb/c1-25(11-4-2-10(18)3-5-11)8-12-13(16(21)22)6-9(15(19)20)7-14(12)17(23)24;;;;;;;/h2-7H,8H2,1H3;6*1H;/q;;;;;;;+5/p-5. The number of nitro benzene ring substituents is 3. The number of aromatic hydroxyl groups is 1. The first-order valence-electron chi connectivity index (χ1n) is 7.73. The van der Waals surface area contributed by atoms with Gasteiger partial charge in [-0.3, -0.25) is 30.3 Å². The van der Waals surface area contributed by atoms with Crippen molar-refractivity contribution in [3.63, 3.8) is 0 Å². The minimum atomic E-state index is -11.2. The third-order valence-corrected chi connectivity index (χ3v) is 5.19. The summed E-state index contributed by atoms with van der Waals surface area (Å²) in [7, 11) is -0.653. The molecule has 10 nitrogen and oxygen atoms in total. The van der Waals surface area contributed by atoms with Gasteiger partial charge in [-0.25, -0.2) is 0 Å². The van der Waals surface area contributed by atoms with Crippen molar-refractivity contribution in [3.05, 3.63) is 72.3 Å². The van der Waals surface area contributed by atoms with E-state index >= 15 is 0 Å². The number of nitro groups is 3. The molecule has 0 aromatic heterocycles. The Bertz CT molecular complexity index is 1020. The van der Waals surface area contributed by atoms with E-state index in [1.165, 1.54) is 12.1 Å². The SMILES string of the molecule is C[S+](Cc1c([N+](=O)[O-])cc([N+](=O)[O-])cc1[N+](=O)[O-])c1ccc(O)cc1.[F][Sb-]([F])([F])([F])([F])[F]. The molecular weight excluding hydrogens is 590 g/mol. The number of phenolic OH excluding ortho intramolecular Hbond substituents is 1. The maximum atomic E-state index is 11.3. The van der Waals surface area contributed by atoms with Crippen LogP contribution in [-0.2, 0) is 16.6 Å². The van der Waals surface area contributed by atoms with E-state index in [4.69, 9.17) is 0 Å². The Kier molecular flexibility index (Phi) is 7.33. The molecule has 1 atom stereocenters. The summed E-state index contributed by atoms with van der Waals surface area (Å²) in [5.41, 5.74) is -2.18. The molecule has 0 aliphatic carbocycles. The van der Waals surface area contributed by atoms with E-state index in [2.05, 4.69) is 0 Å². The van der Waals surface area contributed by atoms with Gasteiger partial charge in [0.1, 0.15) is 12.0 Å². The van der Waals surface area contributed by atoms with E-state index in [9.17, 15) is 52.3 Å². The topological polar surface area (TPSA) is 150 Å². The Morgan fingerprint density at radius 2 is 1.22 bits per heavy atom. The molecule has 0 aliphatic rings. The average molecular weight is 602 g/mol. The minimum absolute atomic E-state index is 0.0323. The fourth-order valence-corrected chi connectivity index (χ4v) is 3.68. The van der Waals surface area contributed by atoms with E-state index in [1.807, 2.05) is 0 Å². The Morgan fingerprint density at radius 3 is 1.53 bits per heavy atom. The molecule has 0 radical (unpaired) electrons. The van der Waals surface area contributed by atoms with E-state index in [-0.39, 0.29) is 17.1 Å². The van der Waals surface area contributed by atoms with E-state index in [0.717, 1.165) is 17.0 Å². The van der Waals surface area contributed by atoms with Gasteiger partial charge in [0.25, 0.3) is 17.1 Å². The van der Waals surface area contributed by atoms with Gasteiger partial charge in [-0.2, -0.15) is 0 Å². The summed E-state index contributed by atoms with van der Waals surface area (Å²) in [6.07, 6.45) is 1.74. The number of non-ortho nitro benzene ring substituents is 1. The van der Waals surface area contributed by atoms with E-state index in [0.29, 0.717) is 0 Å². The van der Waals surface area contributed by atoms with Gasteiger partial charge in [-0.1, -0.05) is 0 Å². The number of benzene rings is 2. The zero-order valence-electron chi connectivity index (χ0n) is 15.5. The first-order chi connectivity index (χ1) is 14.2. The number of hydrogen-bond acceptors (Lipinski definition) is 7. The van der Waals surface area contributed by atoms with Crippen LogP contribution in [0.1, 0.15) is 5.56 Å². The molecule has 1 unspecified atom stereocenters. The third kappa shape index (κ3) is 10.00. The quantitative estimate of drug-likeness (QED) is 0.160. The van der Waals surface area contributed by atoms with Gasteiger partial charge in [0.05, 0.1) is 26.9 Å². The Morgan fingerprint density at radius 1 is 0.844 bits per heavy atom. The van der Waals surface area contributed by atoms with Gasteiger partial charge in [-0.15, -0.1) is 0 Å². The van der Waals surface area contributed by atoms with Gasteiger partial charge < -0.3 is 5.11 Å². The van der Waals surface area contributed by atoms with Crippen molar-refractivity contribution in [2.75, 3.05) is 6.26 Å². The van der Waals surface area contributed by atoms with E-state index in [1.54, 1.807) is 18.4 Å². The molecule has 0 saturated carbocycles. The van der Waals surface area contributed by atoms with E-state index < -0.39 is 62.2 Å². The zero-order valence-corrected chi connectivity index (χ0v) is 18.9. The summed E-state index contributed by atoms with van der Waals surface area (Å²) in [4.78, 5) is 31.5. The summed E-state index contributed by atoms with van der Waals surface area (Å²) in [6, 6.07) is 7.57. The van der Waals surface area contributed by atoms with Crippen molar-refractivity contribution in [2.45, 2.75) is 10.6 Å². The predicted molar refractivity (Wildman–Crippen MR) is 102 cm³/mol. The van der Waals surface area contributed by atoms with Crippen LogP contribution in [-0.4, -0.2) is 45.6 Å². The Balaban J connectivity index is 0.000000633. The van der Waals surface area contributed by atoms with Gasteiger partial charge in [0.2, 0.25) is 0 Å². The van der Waals surface area contributed by atoms with Crippen LogP contribution >= 0.6 is 0 Å². The molecular formula is C14H12F6N3O7SSb. The fourth-order valence-electron chi connectivity index (χ4n) is 2.18. The summed E-state index contributed by atoms with van der Waals surface area (Å²) in [5, 5.41) is 42.7. The van der Waals surface area contributed by atoms with Crippen LogP contribution < -0.4 is 0 Å². The predicted octanol–water partition coefficient (Wildman–Crippen LogP) is 5.06. The number of nitrogens with zero attached hydrogens (tertiary/aromatic N) is 3. The first kappa shape index (κ1) is 27.2. The molecule has 1 N–H and O–H groups in total. The number of hydrogen-bond donors (Lipinski definition) is 1. The second-order valence-corrected chi connectivity index (χ2v) is 13.5. The molecule has 2 aromatic carbocycles. The van der Waals surface area contributed by atoms with Crippen molar-refractivity contribution >= 4 is 47.4 Å². The van der Waals surface area contributed by atoms with Crippen LogP contribution in [0, 0.1) is 30.3 Å². The van der Waals surface area contributed by atoms with Crippen molar-refractivity contribution in [2.24, 2.45) is 0 Å². The van der Waals surface area contributed by atoms with Gasteiger partial charge in [0, 0.05) is 10.9 Å². The number of phenols is 1. The van der Waals surface area contributed by atoms with Crippen molar-refractivity contribution < 1.29 is 36.8 Å². The van der Waals surface area contributed by atoms with Crippen LogP contribution in [0.5, 0.6) is 5.75 Å². The fraction of sp³-hybridized carbons (Fsp3) is 0.143. The van der Waals surface area contributed by atoms with Crippen molar-refractivity contribution in [3.8, 4) is 5.75 Å². The maximum absolute atomic E-state index is 11.3. The van der Waals surface area contributed by atoms with Gasteiger partial charge in [0.15, 0.2) is 16.2 Å². The molecule has 178 valence electrons. The Labute approximate surface area is 179 Å². The second-order valence-electron chi connectivity index (χ2n) is 5.97. The number of rotatable bonds is 6. The van der Waals surface area contributed by atoms with Crippen LogP contribution in [0.15, 0.2) is 41.3 Å². The normalized spacial score (nSPS) is 14.2. The summed E-state index contributed by atoms with van der Waals surface area (Å²) < 4.78 is 59.6. The number of halogens is 6. The third-order valence-electron chi connectivity index (χ3n) is 3.39.